The first kappa shape index (κ1) is 15.3. The van der Waals surface area contributed by atoms with Crippen molar-refractivity contribution in [3.63, 3.8) is 0 Å². The first-order valence-corrected chi connectivity index (χ1v) is 8.97. The molecule has 1 aliphatic heterocycles. The maximum absolute atomic E-state index is 12.6. The largest absolute Gasteiger partial charge is 0.353 e. The van der Waals surface area contributed by atoms with Crippen molar-refractivity contribution >= 4 is 5.91 Å². The number of hydrogen-bond donors (Lipinski definition) is 2. The molecule has 3 fully saturated rings. The molecule has 2 aliphatic carbocycles. The van der Waals surface area contributed by atoms with Crippen LogP contribution in [0.2, 0.25) is 0 Å². The molecule has 0 spiro atoms. The van der Waals surface area contributed by atoms with Crippen LogP contribution in [-0.4, -0.2) is 42.5 Å². The van der Waals surface area contributed by atoms with E-state index in [4.69, 9.17) is 5.73 Å². The van der Waals surface area contributed by atoms with Crippen molar-refractivity contribution in [2.75, 3.05) is 19.6 Å². The second-order valence-electron chi connectivity index (χ2n) is 7.41. The number of carbonyl (C=O) groups excluding carboxylic acids is 1. The molecule has 2 bridgehead atoms. The number of nitrogens with zero attached hydrogens (tertiary/aromatic N) is 1. The molecule has 1 heterocycles. The normalized spacial score (nSPS) is 37.0. The first-order valence-electron chi connectivity index (χ1n) is 8.97. The summed E-state index contributed by atoms with van der Waals surface area (Å²) >= 11 is 0. The van der Waals surface area contributed by atoms with Crippen molar-refractivity contribution in [1.82, 2.24) is 10.2 Å². The number of piperidine rings is 1. The van der Waals surface area contributed by atoms with E-state index in [0.29, 0.717) is 17.9 Å². The Morgan fingerprint density at radius 2 is 1.90 bits per heavy atom. The summed E-state index contributed by atoms with van der Waals surface area (Å²) in [6.07, 6.45) is 8.40. The van der Waals surface area contributed by atoms with Crippen LogP contribution in [0.3, 0.4) is 0 Å². The highest BCUT2D eigenvalue weighted by atomic mass is 16.2. The van der Waals surface area contributed by atoms with Gasteiger partial charge in [0.25, 0.3) is 0 Å². The summed E-state index contributed by atoms with van der Waals surface area (Å²) in [5.74, 6) is 1.53. The molecule has 0 radical (unpaired) electrons. The molecule has 120 valence electrons. The fourth-order valence-corrected chi connectivity index (χ4v) is 4.70. The Labute approximate surface area is 128 Å². The number of amides is 1. The average Bonchev–Trinajstić information content (AvgIpc) is 3.07. The molecule has 0 aromatic heterocycles. The van der Waals surface area contributed by atoms with E-state index in [-0.39, 0.29) is 17.9 Å². The van der Waals surface area contributed by atoms with E-state index in [0.717, 1.165) is 25.9 Å². The van der Waals surface area contributed by atoms with Gasteiger partial charge >= 0.3 is 0 Å². The third-order valence-electron chi connectivity index (χ3n) is 6.05. The SMILES string of the molecule is CCCCN1CCC(NC(=O)C2C3CCC(C3)C2N)CC1. The monoisotopic (exact) mass is 293 g/mol. The van der Waals surface area contributed by atoms with Crippen LogP contribution in [-0.2, 0) is 4.79 Å². The van der Waals surface area contributed by atoms with Gasteiger partial charge in [-0.1, -0.05) is 13.3 Å². The molecule has 21 heavy (non-hydrogen) atoms. The highest BCUT2D eigenvalue weighted by Crippen LogP contribution is 2.47. The Balaban J connectivity index is 1.44. The van der Waals surface area contributed by atoms with Crippen molar-refractivity contribution in [3.05, 3.63) is 0 Å². The van der Waals surface area contributed by atoms with E-state index in [1.807, 2.05) is 0 Å². The smallest absolute Gasteiger partial charge is 0.225 e. The van der Waals surface area contributed by atoms with Crippen LogP contribution in [0, 0.1) is 17.8 Å². The van der Waals surface area contributed by atoms with Gasteiger partial charge in [-0.15, -0.1) is 0 Å². The minimum Gasteiger partial charge on any atom is -0.353 e. The molecule has 4 unspecified atom stereocenters. The number of carbonyl (C=O) groups is 1. The van der Waals surface area contributed by atoms with Crippen LogP contribution < -0.4 is 11.1 Å². The Morgan fingerprint density at radius 3 is 2.52 bits per heavy atom. The standard InChI is InChI=1S/C17H31N3O/c1-2-3-8-20-9-6-14(7-10-20)19-17(21)15-12-4-5-13(11-12)16(15)18/h12-16H,2-11,18H2,1H3,(H,19,21). The predicted octanol–water partition coefficient (Wildman–Crippen LogP) is 1.74. The summed E-state index contributed by atoms with van der Waals surface area (Å²) in [5, 5.41) is 3.31. The quantitative estimate of drug-likeness (QED) is 0.812. The van der Waals surface area contributed by atoms with Crippen molar-refractivity contribution in [2.45, 2.75) is 64.0 Å². The van der Waals surface area contributed by atoms with Gasteiger partial charge < -0.3 is 16.0 Å². The van der Waals surface area contributed by atoms with Crippen LogP contribution in [0.25, 0.3) is 0 Å². The highest BCUT2D eigenvalue weighted by molar-refractivity contribution is 5.80. The Hall–Kier alpha value is -0.610. The van der Waals surface area contributed by atoms with Gasteiger partial charge in [0.05, 0.1) is 5.92 Å². The Bertz CT molecular complexity index is 363. The maximum Gasteiger partial charge on any atom is 0.225 e. The Morgan fingerprint density at radius 1 is 1.19 bits per heavy atom. The van der Waals surface area contributed by atoms with Crippen LogP contribution in [0.5, 0.6) is 0 Å². The average molecular weight is 293 g/mol. The van der Waals surface area contributed by atoms with Crippen LogP contribution in [0.1, 0.15) is 51.9 Å². The number of rotatable bonds is 5. The zero-order chi connectivity index (χ0) is 14.8. The lowest BCUT2D eigenvalue weighted by atomic mass is 9.84. The molecular weight excluding hydrogens is 262 g/mol. The number of unbranched alkanes of at least 4 members (excludes halogenated alkanes) is 1. The second-order valence-corrected chi connectivity index (χ2v) is 7.41. The molecule has 3 N–H and O–H groups in total. The molecule has 1 amide bonds. The zero-order valence-electron chi connectivity index (χ0n) is 13.4. The predicted molar refractivity (Wildman–Crippen MR) is 84.8 cm³/mol. The van der Waals surface area contributed by atoms with E-state index < -0.39 is 0 Å². The topological polar surface area (TPSA) is 58.4 Å². The van der Waals surface area contributed by atoms with E-state index in [1.54, 1.807) is 0 Å². The fourth-order valence-electron chi connectivity index (χ4n) is 4.70. The van der Waals surface area contributed by atoms with E-state index >= 15 is 0 Å². The maximum atomic E-state index is 12.6. The van der Waals surface area contributed by atoms with Gasteiger partial charge in [0, 0.05) is 25.2 Å². The lowest BCUT2D eigenvalue weighted by Crippen LogP contribution is -2.50. The number of likely N-dealkylation sites (tertiary alicyclic amines) is 1. The molecule has 3 rings (SSSR count). The van der Waals surface area contributed by atoms with E-state index in [2.05, 4.69) is 17.1 Å². The molecule has 2 saturated carbocycles. The van der Waals surface area contributed by atoms with Gasteiger partial charge in [-0.2, -0.15) is 0 Å². The van der Waals surface area contributed by atoms with Crippen LogP contribution in [0.4, 0.5) is 0 Å². The molecule has 4 heteroatoms. The van der Waals surface area contributed by atoms with Crippen molar-refractivity contribution in [3.8, 4) is 0 Å². The molecule has 1 saturated heterocycles. The summed E-state index contributed by atoms with van der Waals surface area (Å²) in [6.45, 7) is 5.72. The zero-order valence-corrected chi connectivity index (χ0v) is 13.4. The second kappa shape index (κ2) is 6.66. The highest BCUT2D eigenvalue weighted by Gasteiger charge is 2.49. The van der Waals surface area contributed by atoms with Crippen molar-refractivity contribution < 1.29 is 4.79 Å². The van der Waals surface area contributed by atoms with Gasteiger partial charge in [-0.25, -0.2) is 0 Å². The van der Waals surface area contributed by atoms with E-state index in [1.165, 1.54) is 38.6 Å². The van der Waals surface area contributed by atoms with Crippen molar-refractivity contribution in [1.29, 1.82) is 0 Å². The lowest BCUT2D eigenvalue weighted by Gasteiger charge is -2.34. The minimum absolute atomic E-state index is 0.0990. The number of nitrogens with one attached hydrogen (secondary N) is 1. The number of nitrogens with two attached hydrogens (primary N) is 1. The third-order valence-corrected chi connectivity index (χ3v) is 6.05. The summed E-state index contributed by atoms with van der Waals surface area (Å²) in [5.41, 5.74) is 6.28. The van der Waals surface area contributed by atoms with E-state index in [9.17, 15) is 4.79 Å². The minimum atomic E-state index is 0.0990. The summed E-state index contributed by atoms with van der Waals surface area (Å²) < 4.78 is 0. The summed E-state index contributed by atoms with van der Waals surface area (Å²) in [7, 11) is 0. The lowest BCUT2D eigenvalue weighted by molar-refractivity contribution is -0.128. The van der Waals surface area contributed by atoms with Crippen molar-refractivity contribution in [2.24, 2.45) is 23.5 Å². The summed E-state index contributed by atoms with van der Waals surface area (Å²) in [6, 6.07) is 0.495. The molecule has 4 atom stereocenters. The van der Waals surface area contributed by atoms with Gasteiger partial charge in [0.1, 0.15) is 0 Å². The molecule has 3 aliphatic rings. The summed E-state index contributed by atoms with van der Waals surface area (Å²) in [4.78, 5) is 15.1. The number of hydrogen-bond acceptors (Lipinski definition) is 3. The van der Waals surface area contributed by atoms with Gasteiger partial charge in [-0.3, -0.25) is 4.79 Å². The van der Waals surface area contributed by atoms with Gasteiger partial charge in [0.15, 0.2) is 0 Å². The molecule has 0 aromatic carbocycles. The van der Waals surface area contributed by atoms with Gasteiger partial charge in [-0.05, 0) is 56.9 Å². The Kier molecular flexibility index (Phi) is 4.85. The number of fused-ring (bicyclic) bond motifs is 2. The molecule has 4 nitrogen and oxygen atoms in total. The van der Waals surface area contributed by atoms with Gasteiger partial charge in [0.2, 0.25) is 5.91 Å². The third kappa shape index (κ3) is 3.26. The fraction of sp³-hybridized carbons (Fsp3) is 0.941. The first-order chi connectivity index (χ1) is 10.2. The molecular formula is C17H31N3O. The molecule has 0 aromatic rings. The van der Waals surface area contributed by atoms with Crippen LogP contribution in [0.15, 0.2) is 0 Å². The van der Waals surface area contributed by atoms with Crippen LogP contribution >= 0.6 is 0 Å².